The number of carboxylic acid groups (broad SMARTS) is 1. The minimum Gasteiger partial charge on any atom is -0.490 e. The summed E-state index contributed by atoms with van der Waals surface area (Å²) in [5, 5.41) is 28.3. The molecular weight excluding hydrogens is 484 g/mol. The summed E-state index contributed by atoms with van der Waals surface area (Å²) in [6.07, 6.45) is 0.265. The molecule has 0 radical (unpaired) electrons. The highest BCUT2D eigenvalue weighted by molar-refractivity contribution is 5.95. The minimum absolute atomic E-state index is 0.157. The number of rotatable bonds is 11. The fraction of sp³-hybridized carbons (Fsp3) is 0.280. The lowest BCUT2D eigenvalue weighted by Gasteiger charge is -2.28. The lowest BCUT2D eigenvalue weighted by Crippen LogP contribution is -2.45. The number of ether oxygens (including phenoxy) is 3. The highest BCUT2D eigenvalue weighted by Crippen LogP contribution is 2.34. The zero-order chi connectivity index (χ0) is 26.9. The Morgan fingerprint density at radius 3 is 2.54 bits per heavy atom. The van der Waals surface area contributed by atoms with Gasteiger partial charge in [-0.1, -0.05) is 18.2 Å². The largest absolute Gasteiger partial charge is 0.490 e. The zero-order valence-electron chi connectivity index (χ0n) is 20.5. The quantitative estimate of drug-likeness (QED) is 0.131. The van der Waals surface area contributed by atoms with Gasteiger partial charge in [-0.05, 0) is 49.2 Å². The number of allylic oxidation sites excluding steroid dienone is 1. The van der Waals surface area contributed by atoms with Crippen molar-refractivity contribution in [1.82, 2.24) is 16.1 Å². The first kappa shape index (κ1) is 27.0. The molecule has 3 rings (SSSR count). The van der Waals surface area contributed by atoms with Crippen LogP contribution in [0.1, 0.15) is 41.4 Å². The Bertz CT molecular complexity index is 1210. The predicted molar refractivity (Wildman–Crippen MR) is 132 cm³/mol. The first-order valence-electron chi connectivity index (χ1n) is 11.3. The van der Waals surface area contributed by atoms with Gasteiger partial charge in [0, 0.05) is 5.70 Å². The smallest absolute Gasteiger partial charge is 0.337 e. The number of aliphatic hydroxyl groups is 1. The Balaban J connectivity index is 1.68. The van der Waals surface area contributed by atoms with Gasteiger partial charge in [-0.3, -0.25) is 5.43 Å². The average Bonchev–Trinajstić information content (AvgIpc) is 2.87. The summed E-state index contributed by atoms with van der Waals surface area (Å²) in [5.41, 5.74) is 4.53. The van der Waals surface area contributed by atoms with Crippen LogP contribution in [0.5, 0.6) is 11.5 Å². The number of esters is 1. The van der Waals surface area contributed by atoms with Gasteiger partial charge in [0.2, 0.25) is 0 Å². The van der Waals surface area contributed by atoms with E-state index in [9.17, 15) is 19.5 Å². The monoisotopic (exact) mass is 512 g/mol. The average molecular weight is 513 g/mol. The molecule has 1 heterocycles. The minimum atomic E-state index is -1.16. The molecule has 1 aliphatic heterocycles. The molecule has 0 unspecified atom stereocenters. The summed E-state index contributed by atoms with van der Waals surface area (Å²) in [6.45, 7) is 3.55. The molecule has 12 heteroatoms. The normalized spacial score (nSPS) is 16.0. The van der Waals surface area contributed by atoms with Crippen LogP contribution in [0, 0.1) is 0 Å². The molecule has 12 nitrogen and oxygen atoms in total. The van der Waals surface area contributed by atoms with Gasteiger partial charge in [-0.25, -0.2) is 14.4 Å². The summed E-state index contributed by atoms with van der Waals surface area (Å²) < 4.78 is 16.3. The number of aromatic carboxylic acids is 1. The summed E-state index contributed by atoms with van der Waals surface area (Å²) in [6, 6.07) is 9.76. The van der Waals surface area contributed by atoms with Crippen LogP contribution < -0.4 is 25.5 Å². The van der Waals surface area contributed by atoms with Crippen LogP contribution in [0.25, 0.3) is 0 Å². The number of hydrogen-bond donors (Lipinski definition) is 5. The molecule has 196 valence electrons. The van der Waals surface area contributed by atoms with Gasteiger partial charge in [0.1, 0.15) is 6.61 Å². The van der Waals surface area contributed by atoms with Crippen molar-refractivity contribution in [3.8, 4) is 11.5 Å². The molecule has 2 amide bonds. The van der Waals surface area contributed by atoms with Crippen molar-refractivity contribution >= 4 is 24.2 Å². The van der Waals surface area contributed by atoms with E-state index in [4.69, 9.17) is 19.3 Å². The molecule has 2 atom stereocenters. The number of hydrogen-bond acceptors (Lipinski definition) is 9. The van der Waals surface area contributed by atoms with Gasteiger partial charge in [0.15, 0.2) is 17.7 Å². The zero-order valence-corrected chi connectivity index (χ0v) is 20.5. The van der Waals surface area contributed by atoms with Crippen LogP contribution in [0.4, 0.5) is 4.79 Å². The summed E-state index contributed by atoms with van der Waals surface area (Å²) in [5.74, 6) is -0.922. The van der Waals surface area contributed by atoms with E-state index >= 15 is 0 Å². The number of nitrogens with one attached hydrogen (secondary N) is 3. The maximum absolute atomic E-state index is 12.3. The number of carbonyl (C=O) groups excluding carboxylic acids is 2. The molecule has 2 aromatic rings. The molecule has 2 aromatic carbocycles. The molecule has 0 aliphatic carbocycles. The standard InChI is InChI=1S/C25H28N4O8/c1-4-36-19-11-17(22-21(24(33)35-3)14(2)27-25(34)28-22)9-10-18(19)37-13-20(30)29-26-12-15-5-7-16(8-6-15)23(31)32/h5-12,20,22,29-30H,4,13H2,1-3H3,(H,31,32)(H2,27,28,34)/b26-12-/t20-,22-/m1/s1. The number of carbonyl (C=O) groups is 3. The number of hydrazone groups is 1. The first-order valence-corrected chi connectivity index (χ1v) is 11.3. The molecule has 0 saturated carbocycles. The van der Waals surface area contributed by atoms with Gasteiger partial charge in [0.05, 0.1) is 37.1 Å². The highest BCUT2D eigenvalue weighted by Gasteiger charge is 2.32. The lowest BCUT2D eigenvalue weighted by molar-refractivity contribution is -0.136. The third kappa shape index (κ3) is 6.98. The Kier molecular flexibility index (Phi) is 9.05. The van der Waals surface area contributed by atoms with E-state index in [1.165, 1.54) is 25.5 Å². The van der Waals surface area contributed by atoms with Crippen LogP contribution in [0.2, 0.25) is 0 Å². The third-order valence-electron chi connectivity index (χ3n) is 5.27. The maximum Gasteiger partial charge on any atom is 0.337 e. The van der Waals surface area contributed by atoms with Gasteiger partial charge in [-0.2, -0.15) is 5.10 Å². The fourth-order valence-electron chi connectivity index (χ4n) is 3.53. The van der Waals surface area contributed by atoms with Crippen LogP contribution in [0.3, 0.4) is 0 Å². The number of amides is 2. The summed E-state index contributed by atoms with van der Waals surface area (Å²) >= 11 is 0. The number of methoxy groups -OCH3 is 1. The maximum atomic E-state index is 12.3. The first-order chi connectivity index (χ1) is 17.7. The van der Waals surface area contributed by atoms with Crippen LogP contribution in [-0.2, 0) is 9.53 Å². The summed E-state index contributed by atoms with van der Waals surface area (Å²) in [4.78, 5) is 35.3. The Labute approximate surface area is 212 Å². The van der Waals surface area contributed by atoms with Crippen molar-refractivity contribution < 1.29 is 38.8 Å². The van der Waals surface area contributed by atoms with Crippen molar-refractivity contribution in [1.29, 1.82) is 0 Å². The van der Waals surface area contributed by atoms with Crippen molar-refractivity contribution in [2.45, 2.75) is 26.1 Å². The van der Waals surface area contributed by atoms with Crippen molar-refractivity contribution in [2.24, 2.45) is 5.10 Å². The fourth-order valence-corrected chi connectivity index (χ4v) is 3.53. The number of aliphatic hydroxyl groups excluding tert-OH is 1. The number of urea groups is 1. The van der Waals surface area contributed by atoms with E-state index in [0.717, 1.165) is 0 Å². The van der Waals surface area contributed by atoms with Crippen LogP contribution in [0.15, 0.2) is 58.8 Å². The molecule has 0 saturated heterocycles. The summed E-state index contributed by atoms with van der Waals surface area (Å²) in [7, 11) is 1.26. The van der Waals surface area contributed by atoms with Crippen LogP contribution >= 0.6 is 0 Å². The van der Waals surface area contributed by atoms with Crippen molar-refractivity contribution in [3.05, 3.63) is 70.4 Å². The van der Waals surface area contributed by atoms with E-state index in [1.807, 2.05) is 0 Å². The van der Waals surface area contributed by atoms with Gasteiger partial charge in [-0.15, -0.1) is 0 Å². The topological polar surface area (TPSA) is 168 Å². The second-order valence-electron chi connectivity index (χ2n) is 7.84. The lowest BCUT2D eigenvalue weighted by atomic mass is 9.95. The highest BCUT2D eigenvalue weighted by atomic mass is 16.5. The van der Waals surface area contributed by atoms with Crippen molar-refractivity contribution in [2.75, 3.05) is 20.3 Å². The number of benzene rings is 2. The molecule has 0 aromatic heterocycles. The van der Waals surface area contributed by atoms with Gasteiger partial charge < -0.3 is 35.1 Å². The van der Waals surface area contributed by atoms with E-state index in [-0.39, 0.29) is 17.7 Å². The molecule has 1 aliphatic rings. The molecule has 0 bridgehead atoms. The van der Waals surface area contributed by atoms with E-state index in [2.05, 4.69) is 21.2 Å². The number of nitrogens with zero attached hydrogens (tertiary/aromatic N) is 1. The van der Waals surface area contributed by atoms with Gasteiger partial charge in [0.25, 0.3) is 0 Å². The molecule has 5 N–H and O–H groups in total. The Hall–Kier alpha value is -4.58. The molecule has 0 fully saturated rings. The van der Waals surface area contributed by atoms with E-state index in [0.29, 0.717) is 34.9 Å². The third-order valence-corrected chi connectivity index (χ3v) is 5.27. The van der Waals surface area contributed by atoms with Gasteiger partial charge >= 0.3 is 18.0 Å². The Morgan fingerprint density at radius 1 is 1.16 bits per heavy atom. The van der Waals surface area contributed by atoms with Crippen molar-refractivity contribution in [3.63, 3.8) is 0 Å². The van der Waals surface area contributed by atoms with Crippen LogP contribution in [-0.4, -0.2) is 60.9 Å². The SMILES string of the molecule is CCOc1cc([C@H]2NC(=O)NC(C)=C2C(=O)OC)ccc1OC[C@@H](O)N/N=C\c1ccc(C(=O)O)cc1. The molecular formula is C25H28N4O8. The second kappa shape index (κ2) is 12.4. The van der Waals surface area contributed by atoms with E-state index < -0.39 is 30.2 Å². The molecule has 0 spiro atoms. The number of carboxylic acids is 1. The second-order valence-corrected chi connectivity index (χ2v) is 7.84. The van der Waals surface area contributed by atoms with E-state index in [1.54, 1.807) is 44.2 Å². The predicted octanol–water partition coefficient (Wildman–Crippen LogP) is 1.91. The molecule has 37 heavy (non-hydrogen) atoms. The Morgan fingerprint density at radius 2 is 1.89 bits per heavy atom.